The summed E-state index contributed by atoms with van der Waals surface area (Å²) >= 11 is 5.94. The molecule has 1 spiro atoms. The second kappa shape index (κ2) is 12.2. The molecule has 202 valence electrons. The van der Waals surface area contributed by atoms with Crippen LogP contribution in [0.1, 0.15) is 35.4 Å². The molecule has 0 bridgehead atoms. The van der Waals surface area contributed by atoms with Crippen LogP contribution in [0.5, 0.6) is 0 Å². The summed E-state index contributed by atoms with van der Waals surface area (Å²) in [6, 6.07) is 28.0. The molecule has 39 heavy (non-hydrogen) atoms. The highest BCUT2D eigenvalue weighted by atomic mass is 35.5. The van der Waals surface area contributed by atoms with Crippen LogP contribution in [-0.4, -0.2) is 54.5 Å². The number of nitrogens with zero attached hydrogens (tertiary/aromatic N) is 1. The summed E-state index contributed by atoms with van der Waals surface area (Å²) in [5, 5.41) is 7.27. The highest BCUT2D eigenvalue weighted by Crippen LogP contribution is 2.46. The Morgan fingerprint density at radius 3 is 2.28 bits per heavy atom. The standard InChI is InChI=1S/C32H35ClN4O2/c33-27-14-11-23(12-15-27)13-16-30(38)35-21-28-17-18-37(31(39)32(36-28)19-26(32)20-34)22-29(24-7-3-1-4-8-24)25-9-5-2-6-10-25/h1-16,26,28-29,36H,17-22,34H2,(H,35,38)/b16-13+/t26?,28-,32?/m0/s1. The summed E-state index contributed by atoms with van der Waals surface area (Å²) in [7, 11) is 0. The number of halogens is 1. The van der Waals surface area contributed by atoms with E-state index in [0.717, 1.165) is 18.4 Å². The van der Waals surface area contributed by atoms with Crippen molar-refractivity contribution >= 4 is 29.5 Å². The molecule has 7 heteroatoms. The Bertz CT molecular complexity index is 1260. The van der Waals surface area contributed by atoms with Gasteiger partial charge in [-0.15, -0.1) is 0 Å². The fraction of sp³-hybridized carbons (Fsp3) is 0.312. The van der Waals surface area contributed by atoms with Crippen molar-refractivity contribution in [2.75, 3.05) is 26.2 Å². The maximum Gasteiger partial charge on any atom is 0.244 e. The zero-order valence-corrected chi connectivity index (χ0v) is 22.7. The van der Waals surface area contributed by atoms with E-state index < -0.39 is 5.54 Å². The summed E-state index contributed by atoms with van der Waals surface area (Å²) in [6.45, 7) is 2.10. The Morgan fingerprint density at radius 2 is 1.69 bits per heavy atom. The zero-order chi connectivity index (χ0) is 27.2. The topological polar surface area (TPSA) is 87.5 Å². The molecule has 0 radical (unpaired) electrons. The van der Waals surface area contributed by atoms with Crippen molar-refractivity contribution < 1.29 is 9.59 Å². The Balaban J connectivity index is 1.28. The molecule has 1 aliphatic carbocycles. The van der Waals surface area contributed by atoms with Crippen LogP contribution in [0.25, 0.3) is 6.08 Å². The smallest absolute Gasteiger partial charge is 0.244 e. The normalized spacial score (nSPS) is 22.8. The number of nitrogens with two attached hydrogens (primary N) is 1. The minimum absolute atomic E-state index is 0.0321. The molecule has 2 aliphatic rings. The molecule has 1 saturated heterocycles. The summed E-state index contributed by atoms with van der Waals surface area (Å²) < 4.78 is 0. The minimum Gasteiger partial charge on any atom is -0.351 e. The molecule has 3 atom stereocenters. The molecule has 3 aromatic rings. The molecule has 3 aromatic carbocycles. The first-order chi connectivity index (χ1) is 19.0. The molecule has 2 fully saturated rings. The molecule has 2 unspecified atom stereocenters. The molecule has 6 nitrogen and oxygen atoms in total. The summed E-state index contributed by atoms with van der Waals surface area (Å²) in [5.74, 6) is 0.108. The summed E-state index contributed by atoms with van der Waals surface area (Å²) in [6.07, 6.45) is 4.75. The number of amides is 2. The van der Waals surface area contributed by atoms with Crippen LogP contribution >= 0.6 is 11.6 Å². The third-order valence-corrected chi connectivity index (χ3v) is 8.15. The first kappa shape index (κ1) is 27.1. The van der Waals surface area contributed by atoms with E-state index in [9.17, 15) is 9.59 Å². The molecule has 2 amide bonds. The summed E-state index contributed by atoms with van der Waals surface area (Å²) in [5.41, 5.74) is 8.67. The lowest BCUT2D eigenvalue weighted by Gasteiger charge is -2.30. The fourth-order valence-corrected chi connectivity index (χ4v) is 5.72. The molecule has 5 rings (SSSR count). The minimum atomic E-state index is -0.655. The third-order valence-electron chi connectivity index (χ3n) is 7.89. The van der Waals surface area contributed by atoms with Gasteiger partial charge in [0.2, 0.25) is 11.8 Å². The molecule has 1 saturated carbocycles. The van der Waals surface area contributed by atoms with E-state index >= 15 is 0 Å². The Morgan fingerprint density at radius 1 is 1.05 bits per heavy atom. The van der Waals surface area contributed by atoms with Crippen molar-refractivity contribution in [2.24, 2.45) is 11.7 Å². The van der Waals surface area contributed by atoms with Gasteiger partial charge < -0.3 is 16.0 Å². The van der Waals surface area contributed by atoms with E-state index in [2.05, 4.69) is 34.9 Å². The average molecular weight is 543 g/mol. The van der Waals surface area contributed by atoms with Crippen molar-refractivity contribution in [3.8, 4) is 0 Å². The number of hydrogen-bond acceptors (Lipinski definition) is 4. The van der Waals surface area contributed by atoms with Gasteiger partial charge in [-0.25, -0.2) is 0 Å². The van der Waals surface area contributed by atoms with E-state index in [4.69, 9.17) is 17.3 Å². The van der Waals surface area contributed by atoms with Crippen LogP contribution in [0.15, 0.2) is 91.0 Å². The van der Waals surface area contributed by atoms with Gasteiger partial charge in [-0.05, 0) is 54.3 Å². The largest absolute Gasteiger partial charge is 0.351 e. The maximum atomic E-state index is 14.0. The zero-order valence-electron chi connectivity index (χ0n) is 21.9. The monoisotopic (exact) mass is 542 g/mol. The first-order valence-corrected chi connectivity index (χ1v) is 13.9. The van der Waals surface area contributed by atoms with Crippen molar-refractivity contribution in [2.45, 2.75) is 30.3 Å². The fourth-order valence-electron chi connectivity index (χ4n) is 5.60. The van der Waals surface area contributed by atoms with Crippen molar-refractivity contribution in [3.05, 3.63) is 113 Å². The second-order valence-electron chi connectivity index (χ2n) is 10.5. The number of hydrogen-bond donors (Lipinski definition) is 3. The maximum absolute atomic E-state index is 14.0. The number of nitrogens with one attached hydrogen (secondary N) is 2. The van der Waals surface area contributed by atoms with Crippen LogP contribution in [0.4, 0.5) is 0 Å². The summed E-state index contributed by atoms with van der Waals surface area (Å²) in [4.78, 5) is 28.5. The van der Waals surface area contributed by atoms with Gasteiger partial charge in [-0.3, -0.25) is 14.9 Å². The van der Waals surface area contributed by atoms with E-state index in [0.29, 0.717) is 31.2 Å². The van der Waals surface area contributed by atoms with Crippen LogP contribution in [0, 0.1) is 5.92 Å². The number of benzene rings is 3. The predicted octanol–water partition coefficient (Wildman–Crippen LogP) is 4.21. The van der Waals surface area contributed by atoms with E-state index in [1.807, 2.05) is 53.4 Å². The van der Waals surface area contributed by atoms with Gasteiger partial charge in [0.25, 0.3) is 0 Å². The average Bonchev–Trinajstić information content (AvgIpc) is 3.71. The van der Waals surface area contributed by atoms with Gasteiger partial charge in [0.15, 0.2) is 0 Å². The van der Waals surface area contributed by atoms with E-state index in [1.54, 1.807) is 18.2 Å². The van der Waals surface area contributed by atoms with E-state index in [-0.39, 0.29) is 29.7 Å². The van der Waals surface area contributed by atoms with Crippen molar-refractivity contribution in [3.63, 3.8) is 0 Å². The first-order valence-electron chi connectivity index (χ1n) is 13.6. The van der Waals surface area contributed by atoms with Crippen molar-refractivity contribution in [1.82, 2.24) is 15.5 Å². The molecular weight excluding hydrogens is 508 g/mol. The quantitative estimate of drug-likeness (QED) is 0.353. The van der Waals surface area contributed by atoms with Crippen LogP contribution < -0.4 is 16.4 Å². The number of carbonyl (C=O) groups excluding carboxylic acids is 2. The second-order valence-corrected chi connectivity index (χ2v) is 10.9. The lowest BCUT2D eigenvalue weighted by atomic mass is 9.90. The highest BCUT2D eigenvalue weighted by Gasteiger charge is 2.62. The third kappa shape index (κ3) is 6.41. The highest BCUT2D eigenvalue weighted by molar-refractivity contribution is 6.30. The molecule has 4 N–H and O–H groups in total. The molecule has 0 aromatic heterocycles. The van der Waals surface area contributed by atoms with Gasteiger partial charge in [-0.2, -0.15) is 0 Å². The van der Waals surface area contributed by atoms with Gasteiger partial charge in [-0.1, -0.05) is 84.4 Å². The molecule has 1 heterocycles. The molecular formula is C32H35ClN4O2. The predicted molar refractivity (Wildman–Crippen MR) is 156 cm³/mol. The van der Waals surface area contributed by atoms with Crippen LogP contribution in [0.3, 0.4) is 0 Å². The number of rotatable bonds is 9. The molecule has 1 aliphatic heterocycles. The Hall–Kier alpha value is -3.45. The van der Waals surface area contributed by atoms with Gasteiger partial charge in [0, 0.05) is 48.6 Å². The Kier molecular flexibility index (Phi) is 8.46. The van der Waals surface area contributed by atoms with Crippen LogP contribution in [-0.2, 0) is 9.59 Å². The van der Waals surface area contributed by atoms with Crippen molar-refractivity contribution in [1.29, 1.82) is 0 Å². The van der Waals surface area contributed by atoms with Gasteiger partial charge in [0.1, 0.15) is 5.54 Å². The van der Waals surface area contributed by atoms with Gasteiger partial charge >= 0.3 is 0 Å². The number of carbonyl (C=O) groups is 2. The van der Waals surface area contributed by atoms with E-state index in [1.165, 1.54) is 17.2 Å². The lowest BCUT2D eigenvalue weighted by molar-refractivity contribution is -0.134. The SMILES string of the molecule is NCC1CC12N[C@H](CNC(=O)/C=C/c1ccc(Cl)cc1)CCN(CC(c1ccccc1)c1ccccc1)C2=O. The lowest BCUT2D eigenvalue weighted by Crippen LogP contribution is -2.53. The Labute approximate surface area is 235 Å². The van der Waals surface area contributed by atoms with Crippen LogP contribution in [0.2, 0.25) is 5.02 Å². The van der Waals surface area contributed by atoms with Gasteiger partial charge in [0.05, 0.1) is 0 Å².